The number of aliphatic hydroxyl groups is 1. The Morgan fingerprint density at radius 1 is 1.37 bits per heavy atom. The Labute approximate surface area is 184 Å². The number of rotatable bonds is 5. The van der Waals surface area contributed by atoms with Gasteiger partial charge in [0.05, 0.1) is 6.10 Å². The van der Waals surface area contributed by atoms with Gasteiger partial charge in [-0.15, -0.1) is 18.0 Å². The summed E-state index contributed by atoms with van der Waals surface area (Å²) in [6.45, 7) is 7.95. The lowest BCUT2D eigenvalue weighted by atomic mass is 9.92. The van der Waals surface area contributed by atoms with Gasteiger partial charge in [-0.25, -0.2) is 0 Å². The van der Waals surface area contributed by atoms with E-state index in [0.717, 1.165) is 24.1 Å². The highest BCUT2D eigenvalue weighted by molar-refractivity contribution is 6.27. The number of alkyl halides is 1. The van der Waals surface area contributed by atoms with E-state index in [1.165, 1.54) is 0 Å². The molecular weight excluding hydrogens is 406 g/mol. The van der Waals surface area contributed by atoms with Crippen LogP contribution in [0.2, 0.25) is 0 Å². The number of halogens is 1. The van der Waals surface area contributed by atoms with Crippen molar-refractivity contribution in [3.05, 3.63) is 35.4 Å². The maximum Gasteiger partial charge on any atom is 0.232 e. The summed E-state index contributed by atoms with van der Waals surface area (Å²) in [7, 11) is 0. The number of hydrogen-bond donors (Lipinski definition) is 3. The summed E-state index contributed by atoms with van der Waals surface area (Å²) < 4.78 is 0. The molecule has 1 unspecified atom stereocenters. The van der Waals surface area contributed by atoms with E-state index in [1.807, 2.05) is 24.3 Å². The molecule has 7 nitrogen and oxygen atoms in total. The molecule has 1 atom stereocenters. The van der Waals surface area contributed by atoms with Gasteiger partial charge in [0.2, 0.25) is 18.2 Å². The first-order chi connectivity index (χ1) is 14.0. The third kappa shape index (κ3) is 13.6. The molecule has 1 aliphatic heterocycles. The standard InChI is InChI=1S/C10H19NO2.C10H9NO.C2H4ClNO/c1-10(2,3)6-9(13)11-5-4-8(12)7-11;1-2-9-3-5-10(6-4-9)7-11-8-12;3-1-2(4)5/h8,12H,4-7H2,1-3H3;1,3-6,8H,7H2,(H,11,12);1H2,(H2,4,5). The number of benzene rings is 1. The zero-order chi connectivity index (χ0) is 23.2. The second-order valence-corrected chi connectivity index (χ2v) is 8.23. The Hall–Kier alpha value is -2.56. The van der Waals surface area contributed by atoms with Crippen LogP contribution in [-0.4, -0.2) is 53.3 Å². The van der Waals surface area contributed by atoms with E-state index in [9.17, 15) is 19.5 Å². The van der Waals surface area contributed by atoms with Crippen molar-refractivity contribution in [1.29, 1.82) is 0 Å². The smallest absolute Gasteiger partial charge is 0.232 e. The molecule has 1 saturated heterocycles. The predicted octanol–water partition coefficient (Wildman–Crippen LogP) is 1.64. The van der Waals surface area contributed by atoms with Gasteiger partial charge in [-0.3, -0.25) is 14.4 Å². The first-order valence-electron chi connectivity index (χ1n) is 9.55. The van der Waals surface area contributed by atoms with Crippen LogP contribution in [0.3, 0.4) is 0 Å². The van der Waals surface area contributed by atoms with E-state index in [-0.39, 0.29) is 23.3 Å². The van der Waals surface area contributed by atoms with Crippen LogP contribution >= 0.6 is 11.6 Å². The summed E-state index contributed by atoms with van der Waals surface area (Å²) in [5, 5.41) is 11.8. The Morgan fingerprint density at radius 3 is 2.30 bits per heavy atom. The van der Waals surface area contributed by atoms with Gasteiger partial charge >= 0.3 is 0 Å². The second-order valence-electron chi connectivity index (χ2n) is 7.96. The molecular formula is C22H32ClN3O4. The van der Waals surface area contributed by atoms with Crippen LogP contribution in [0.5, 0.6) is 0 Å². The molecule has 166 valence electrons. The van der Waals surface area contributed by atoms with Crippen molar-refractivity contribution in [2.24, 2.45) is 11.1 Å². The summed E-state index contributed by atoms with van der Waals surface area (Å²) in [4.78, 5) is 32.8. The number of nitrogens with one attached hydrogen (secondary N) is 1. The molecule has 0 radical (unpaired) electrons. The molecule has 1 fully saturated rings. The maximum absolute atomic E-state index is 11.6. The van der Waals surface area contributed by atoms with Crippen LogP contribution in [0.4, 0.5) is 0 Å². The molecule has 0 aliphatic carbocycles. The molecule has 1 aliphatic rings. The SMILES string of the molecule is C#Cc1ccc(CNC=O)cc1.CC(C)(C)CC(=O)N1CCC(O)C1.NC(=O)CCl. The molecule has 1 heterocycles. The quantitative estimate of drug-likeness (QED) is 0.369. The molecule has 0 spiro atoms. The minimum atomic E-state index is -0.480. The van der Waals surface area contributed by atoms with E-state index < -0.39 is 5.91 Å². The summed E-state index contributed by atoms with van der Waals surface area (Å²) in [5.74, 6) is 2.13. The van der Waals surface area contributed by atoms with Gasteiger partial charge in [0, 0.05) is 31.6 Å². The van der Waals surface area contributed by atoms with Crippen molar-refractivity contribution < 1.29 is 19.5 Å². The molecule has 8 heteroatoms. The number of likely N-dealkylation sites (tertiary alicyclic amines) is 1. The largest absolute Gasteiger partial charge is 0.391 e. The number of aliphatic hydroxyl groups excluding tert-OH is 1. The van der Waals surface area contributed by atoms with Gasteiger partial charge in [-0.1, -0.05) is 38.8 Å². The molecule has 2 rings (SSSR count). The minimum absolute atomic E-state index is 0.0463. The fraction of sp³-hybridized carbons (Fsp3) is 0.500. The van der Waals surface area contributed by atoms with Gasteiger partial charge in [-0.2, -0.15) is 0 Å². The van der Waals surface area contributed by atoms with Gasteiger partial charge in [0.15, 0.2) is 0 Å². The normalized spacial score (nSPS) is 14.9. The molecule has 1 aromatic carbocycles. The molecule has 0 bridgehead atoms. The lowest BCUT2D eigenvalue weighted by Crippen LogP contribution is -2.32. The van der Waals surface area contributed by atoms with Crippen LogP contribution in [0.25, 0.3) is 0 Å². The summed E-state index contributed by atoms with van der Waals surface area (Å²) in [5.41, 5.74) is 6.46. The number of carbonyl (C=O) groups excluding carboxylic acids is 3. The van der Waals surface area contributed by atoms with Gasteiger partial charge in [-0.05, 0) is 29.5 Å². The van der Waals surface area contributed by atoms with Crippen molar-refractivity contribution in [3.8, 4) is 12.3 Å². The van der Waals surface area contributed by atoms with E-state index in [4.69, 9.17) is 18.0 Å². The van der Waals surface area contributed by atoms with Crippen molar-refractivity contribution >= 4 is 29.8 Å². The van der Waals surface area contributed by atoms with Crippen LogP contribution in [0, 0.1) is 17.8 Å². The highest BCUT2D eigenvalue weighted by atomic mass is 35.5. The molecule has 4 N–H and O–H groups in total. The van der Waals surface area contributed by atoms with Crippen molar-refractivity contribution in [1.82, 2.24) is 10.2 Å². The molecule has 30 heavy (non-hydrogen) atoms. The summed E-state index contributed by atoms with van der Waals surface area (Å²) in [6, 6.07) is 7.49. The Kier molecular flexibility index (Phi) is 13.2. The fourth-order valence-corrected chi connectivity index (χ4v) is 2.41. The third-order valence-electron chi connectivity index (χ3n) is 3.84. The topological polar surface area (TPSA) is 113 Å². The zero-order valence-corrected chi connectivity index (χ0v) is 18.6. The first kappa shape index (κ1) is 27.4. The molecule has 1 aromatic rings. The monoisotopic (exact) mass is 437 g/mol. The van der Waals surface area contributed by atoms with Crippen LogP contribution in [-0.2, 0) is 20.9 Å². The number of carbonyl (C=O) groups is 3. The number of β-amino-alcohol motifs (C(OH)–C–C–N with tert-alkyl or cyclic N) is 1. The predicted molar refractivity (Wildman–Crippen MR) is 118 cm³/mol. The van der Waals surface area contributed by atoms with Crippen LogP contribution < -0.4 is 11.1 Å². The van der Waals surface area contributed by atoms with Gasteiger partial charge in [0.25, 0.3) is 0 Å². The number of primary amides is 1. The molecule has 3 amide bonds. The van der Waals surface area contributed by atoms with E-state index in [0.29, 0.717) is 25.9 Å². The van der Waals surface area contributed by atoms with Crippen molar-refractivity contribution in [2.75, 3.05) is 19.0 Å². The van der Waals surface area contributed by atoms with Crippen molar-refractivity contribution in [3.63, 3.8) is 0 Å². The lowest BCUT2D eigenvalue weighted by Gasteiger charge is -2.22. The van der Waals surface area contributed by atoms with Crippen molar-refractivity contribution in [2.45, 2.75) is 46.3 Å². The fourth-order valence-electron chi connectivity index (χ4n) is 2.41. The number of hydrogen-bond acceptors (Lipinski definition) is 4. The Bertz CT molecular complexity index is 709. The second kappa shape index (κ2) is 14.4. The maximum atomic E-state index is 11.6. The summed E-state index contributed by atoms with van der Waals surface area (Å²) >= 11 is 4.86. The molecule has 0 saturated carbocycles. The van der Waals surface area contributed by atoms with Gasteiger partial charge in [0.1, 0.15) is 5.88 Å². The lowest BCUT2D eigenvalue weighted by molar-refractivity contribution is -0.132. The summed E-state index contributed by atoms with van der Waals surface area (Å²) in [6.07, 6.45) is 6.85. The number of amides is 3. The zero-order valence-electron chi connectivity index (χ0n) is 17.9. The molecule has 0 aromatic heterocycles. The number of terminal acetylenes is 1. The van der Waals surface area contributed by atoms with E-state index >= 15 is 0 Å². The van der Waals surface area contributed by atoms with Gasteiger partial charge < -0.3 is 21.1 Å². The average molecular weight is 438 g/mol. The highest BCUT2D eigenvalue weighted by Gasteiger charge is 2.27. The van der Waals surface area contributed by atoms with Crippen LogP contribution in [0.1, 0.15) is 44.7 Å². The Morgan fingerprint density at radius 2 is 1.93 bits per heavy atom. The van der Waals surface area contributed by atoms with E-state index in [2.05, 4.69) is 37.7 Å². The first-order valence-corrected chi connectivity index (χ1v) is 10.1. The third-order valence-corrected chi connectivity index (χ3v) is 4.10. The van der Waals surface area contributed by atoms with E-state index in [1.54, 1.807) is 4.90 Å². The Balaban J connectivity index is 0.000000461. The average Bonchev–Trinajstić information content (AvgIpc) is 3.13. The number of nitrogens with zero attached hydrogens (tertiary/aromatic N) is 1. The minimum Gasteiger partial charge on any atom is -0.391 e. The number of nitrogens with two attached hydrogens (primary N) is 1. The highest BCUT2D eigenvalue weighted by Crippen LogP contribution is 2.21. The van der Waals surface area contributed by atoms with Crippen LogP contribution in [0.15, 0.2) is 24.3 Å².